The van der Waals surface area contributed by atoms with E-state index in [4.69, 9.17) is 33.2 Å². The van der Waals surface area contributed by atoms with Gasteiger partial charge in [0, 0.05) is 53.6 Å². The number of aromatic nitrogens is 3. The molecule has 0 spiro atoms. The lowest BCUT2D eigenvalue weighted by Gasteiger charge is -2.19. The van der Waals surface area contributed by atoms with E-state index in [2.05, 4.69) is 9.88 Å². The molecule has 1 saturated heterocycles. The van der Waals surface area contributed by atoms with Crippen molar-refractivity contribution in [3.05, 3.63) is 59.9 Å². The maximum atomic E-state index is 6.05. The molecule has 26 heavy (non-hydrogen) atoms. The van der Waals surface area contributed by atoms with Crippen LogP contribution in [-0.2, 0) is 0 Å². The van der Waals surface area contributed by atoms with E-state index in [0.29, 0.717) is 22.6 Å². The van der Waals surface area contributed by atoms with Gasteiger partial charge in [-0.25, -0.2) is 9.97 Å². The quantitative estimate of drug-likeness (QED) is 0.598. The van der Waals surface area contributed by atoms with Crippen molar-refractivity contribution in [1.82, 2.24) is 15.0 Å². The molecule has 1 fully saturated rings. The van der Waals surface area contributed by atoms with E-state index in [0.717, 1.165) is 42.1 Å². The van der Waals surface area contributed by atoms with Crippen LogP contribution in [0.1, 0.15) is 6.42 Å². The molecule has 4 rings (SSSR count). The van der Waals surface area contributed by atoms with Crippen LogP contribution in [0.25, 0.3) is 22.6 Å². The summed E-state index contributed by atoms with van der Waals surface area (Å²) in [7, 11) is 0. The fourth-order valence-corrected chi connectivity index (χ4v) is 3.53. The second-order valence-electron chi connectivity index (χ2n) is 6.44. The van der Waals surface area contributed by atoms with Crippen LogP contribution in [-0.4, -0.2) is 33.9 Å². The predicted molar refractivity (Wildman–Crippen MR) is 107 cm³/mol. The normalized spacial score (nSPS) is 16.8. The number of alkyl halides is 1. The van der Waals surface area contributed by atoms with Gasteiger partial charge in [0.15, 0.2) is 5.82 Å². The third kappa shape index (κ3) is 3.67. The Morgan fingerprint density at radius 1 is 1.08 bits per heavy atom. The highest BCUT2D eigenvalue weighted by Gasteiger charge is 2.24. The highest BCUT2D eigenvalue weighted by atomic mass is 35.5. The molecule has 132 valence electrons. The molecule has 0 saturated carbocycles. The number of anilines is 1. The second kappa shape index (κ2) is 7.60. The average Bonchev–Trinajstić information content (AvgIpc) is 3.18. The van der Waals surface area contributed by atoms with Crippen molar-refractivity contribution in [2.24, 2.45) is 5.92 Å². The molecule has 4 nitrogen and oxygen atoms in total. The molecule has 1 aliphatic rings. The highest BCUT2D eigenvalue weighted by Crippen LogP contribution is 2.29. The molecule has 0 amide bonds. The largest absolute Gasteiger partial charge is 0.356 e. The number of rotatable bonds is 4. The van der Waals surface area contributed by atoms with Crippen molar-refractivity contribution in [1.29, 1.82) is 0 Å². The van der Waals surface area contributed by atoms with Gasteiger partial charge in [0.2, 0.25) is 0 Å². The standard InChI is InChI=1S/C20H18Cl2N4/c21-11-14-7-9-26(13-14)19-10-18(15-3-5-17(22)6-4-15)24-20(25-19)16-2-1-8-23-12-16/h1-6,8,10,12,14H,7,9,11,13H2. The van der Waals surface area contributed by atoms with Gasteiger partial charge in [0.1, 0.15) is 5.82 Å². The van der Waals surface area contributed by atoms with E-state index in [1.807, 2.05) is 42.5 Å². The van der Waals surface area contributed by atoms with Gasteiger partial charge in [-0.1, -0.05) is 23.7 Å². The molecular weight excluding hydrogens is 367 g/mol. The maximum Gasteiger partial charge on any atom is 0.163 e. The van der Waals surface area contributed by atoms with E-state index >= 15 is 0 Å². The van der Waals surface area contributed by atoms with Crippen LogP contribution < -0.4 is 4.90 Å². The Bertz CT molecular complexity index is 884. The Hall–Kier alpha value is -2.17. The van der Waals surface area contributed by atoms with Crippen LogP contribution in [0, 0.1) is 5.92 Å². The first kappa shape index (κ1) is 17.3. The molecule has 6 heteroatoms. The summed E-state index contributed by atoms with van der Waals surface area (Å²) in [5.41, 5.74) is 2.79. The zero-order valence-electron chi connectivity index (χ0n) is 14.1. The first-order valence-corrected chi connectivity index (χ1v) is 9.50. The number of hydrogen-bond donors (Lipinski definition) is 0. The summed E-state index contributed by atoms with van der Waals surface area (Å²) >= 11 is 12.1. The van der Waals surface area contributed by atoms with Gasteiger partial charge in [0.25, 0.3) is 0 Å². The average molecular weight is 385 g/mol. The smallest absolute Gasteiger partial charge is 0.163 e. The zero-order chi connectivity index (χ0) is 17.9. The van der Waals surface area contributed by atoms with E-state index in [1.54, 1.807) is 12.4 Å². The third-order valence-electron chi connectivity index (χ3n) is 4.60. The van der Waals surface area contributed by atoms with Gasteiger partial charge in [-0.2, -0.15) is 0 Å². The molecule has 1 unspecified atom stereocenters. The van der Waals surface area contributed by atoms with Crippen LogP contribution in [0.5, 0.6) is 0 Å². The molecule has 2 aromatic heterocycles. The van der Waals surface area contributed by atoms with Crippen molar-refractivity contribution in [2.75, 3.05) is 23.9 Å². The second-order valence-corrected chi connectivity index (χ2v) is 7.18. The van der Waals surface area contributed by atoms with E-state index in [9.17, 15) is 0 Å². The van der Waals surface area contributed by atoms with Crippen molar-refractivity contribution >= 4 is 29.0 Å². The summed E-state index contributed by atoms with van der Waals surface area (Å²) in [4.78, 5) is 16.1. The van der Waals surface area contributed by atoms with E-state index in [1.165, 1.54) is 0 Å². The minimum absolute atomic E-state index is 0.507. The van der Waals surface area contributed by atoms with Gasteiger partial charge in [-0.15, -0.1) is 11.6 Å². The molecule has 1 aromatic carbocycles. The van der Waals surface area contributed by atoms with Gasteiger partial charge >= 0.3 is 0 Å². The molecular formula is C20H18Cl2N4. The van der Waals surface area contributed by atoms with Crippen LogP contribution in [0.4, 0.5) is 5.82 Å². The summed E-state index contributed by atoms with van der Waals surface area (Å²) in [6.07, 6.45) is 4.63. The molecule has 1 aliphatic heterocycles. The van der Waals surface area contributed by atoms with Crippen LogP contribution >= 0.6 is 23.2 Å². The highest BCUT2D eigenvalue weighted by molar-refractivity contribution is 6.30. The van der Waals surface area contributed by atoms with Gasteiger partial charge in [-0.05, 0) is 36.6 Å². The molecule has 0 bridgehead atoms. The summed E-state index contributed by atoms with van der Waals surface area (Å²) in [5.74, 6) is 2.79. The maximum absolute atomic E-state index is 6.05. The van der Waals surface area contributed by atoms with Gasteiger partial charge < -0.3 is 4.90 Å². The Morgan fingerprint density at radius 3 is 2.62 bits per heavy atom. The molecule has 0 radical (unpaired) electrons. The topological polar surface area (TPSA) is 41.9 Å². The molecule has 0 aliphatic carbocycles. The summed E-state index contributed by atoms with van der Waals surface area (Å²) in [5, 5.41) is 0.708. The van der Waals surface area contributed by atoms with E-state index in [-0.39, 0.29) is 0 Å². The fraction of sp³-hybridized carbons (Fsp3) is 0.250. The van der Waals surface area contributed by atoms with Crippen molar-refractivity contribution < 1.29 is 0 Å². The van der Waals surface area contributed by atoms with Crippen LogP contribution in [0.3, 0.4) is 0 Å². The number of hydrogen-bond acceptors (Lipinski definition) is 4. The minimum atomic E-state index is 0.507. The lowest BCUT2D eigenvalue weighted by atomic mass is 10.1. The molecule has 0 N–H and O–H groups in total. The first-order valence-electron chi connectivity index (χ1n) is 8.59. The third-order valence-corrected chi connectivity index (χ3v) is 5.29. The zero-order valence-corrected chi connectivity index (χ0v) is 15.7. The van der Waals surface area contributed by atoms with Crippen LogP contribution in [0.2, 0.25) is 5.02 Å². The van der Waals surface area contributed by atoms with Crippen LogP contribution in [0.15, 0.2) is 54.9 Å². The van der Waals surface area contributed by atoms with E-state index < -0.39 is 0 Å². The number of pyridine rings is 1. The number of halogens is 2. The van der Waals surface area contributed by atoms with Crippen molar-refractivity contribution in [3.63, 3.8) is 0 Å². The number of nitrogens with zero attached hydrogens (tertiary/aromatic N) is 4. The summed E-state index contributed by atoms with van der Waals surface area (Å²) in [6, 6.07) is 13.6. The minimum Gasteiger partial charge on any atom is -0.356 e. The Balaban J connectivity index is 1.78. The Morgan fingerprint density at radius 2 is 1.92 bits per heavy atom. The predicted octanol–water partition coefficient (Wildman–Crippen LogP) is 4.92. The molecule has 3 heterocycles. The van der Waals surface area contributed by atoms with Crippen molar-refractivity contribution in [3.8, 4) is 22.6 Å². The Kier molecular flexibility index (Phi) is 5.05. The lowest BCUT2D eigenvalue weighted by Crippen LogP contribution is -2.21. The monoisotopic (exact) mass is 384 g/mol. The SMILES string of the molecule is ClCC1CCN(c2cc(-c3ccc(Cl)cc3)nc(-c3cccnc3)n2)C1. The lowest BCUT2D eigenvalue weighted by molar-refractivity contribution is 0.666. The van der Waals surface area contributed by atoms with Crippen molar-refractivity contribution in [2.45, 2.75) is 6.42 Å². The van der Waals surface area contributed by atoms with Gasteiger partial charge in [-0.3, -0.25) is 4.98 Å². The molecule has 3 aromatic rings. The summed E-state index contributed by atoms with van der Waals surface area (Å²) < 4.78 is 0. The van der Waals surface area contributed by atoms with Gasteiger partial charge in [0.05, 0.1) is 5.69 Å². The fourth-order valence-electron chi connectivity index (χ4n) is 3.16. The summed E-state index contributed by atoms with van der Waals surface area (Å²) in [6.45, 7) is 1.88. The molecule has 1 atom stereocenters. The number of benzene rings is 1. The first-order chi connectivity index (χ1) is 12.7. The Labute approximate surface area is 162 Å².